The van der Waals surface area contributed by atoms with Crippen LogP contribution in [0.3, 0.4) is 0 Å². The molecule has 2 rings (SSSR count). The number of hydrogen-bond donors (Lipinski definition) is 0. The van der Waals surface area contributed by atoms with E-state index in [1.807, 2.05) is 11.4 Å². The Morgan fingerprint density at radius 3 is 3.07 bits per heavy atom. The summed E-state index contributed by atoms with van der Waals surface area (Å²) in [5, 5.41) is 2.04. The van der Waals surface area contributed by atoms with Gasteiger partial charge in [0.05, 0.1) is 6.10 Å². The lowest BCUT2D eigenvalue weighted by atomic mass is 10.0. The minimum Gasteiger partial charge on any atom is -0.362 e. The number of thiophene rings is 1. The van der Waals surface area contributed by atoms with Gasteiger partial charge in [-0.1, -0.05) is 0 Å². The molecule has 0 radical (unpaired) electrons. The van der Waals surface area contributed by atoms with Crippen molar-refractivity contribution >= 4 is 33.6 Å². The molecule has 0 bridgehead atoms. The normalized spacial score (nSPS) is 27.5. The van der Waals surface area contributed by atoms with Crippen molar-refractivity contribution in [2.75, 3.05) is 0 Å². The molecule has 0 saturated carbocycles. The average Bonchev–Trinajstić information content (AvgIpc) is 2.65. The highest BCUT2D eigenvalue weighted by Gasteiger charge is 2.25. The number of rotatable bonds is 2. The van der Waals surface area contributed by atoms with Crippen molar-refractivity contribution in [2.24, 2.45) is 0 Å². The maximum atomic E-state index is 10.6. The van der Waals surface area contributed by atoms with E-state index in [0.29, 0.717) is 0 Å². The summed E-state index contributed by atoms with van der Waals surface area (Å²) in [5.74, 6) is 0. The average molecular weight is 275 g/mol. The monoisotopic (exact) mass is 274 g/mol. The first kappa shape index (κ1) is 10.3. The third-order valence-corrected chi connectivity index (χ3v) is 4.35. The summed E-state index contributed by atoms with van der Waals surface area (Å²) in [4.78, 5) is 11.8. The lowest BCUT2D eigenvalue weighted by Gasteiger charge is -2.26. The second kappa shape index (κ2) is 4.55. The minimum atomic E-state index is -0.206. The Morgan fingerprint density at radius 1 is 1.57 bits per heavy atom. The first-order valence-corrected chi connectivity index (χ1v) is 6.32. The summed E-state index contributed by atoms with van der Waals surface area (Å²) in [7, 11) is 0. The molecule has 2 unspecified atom stereocenters. The summed E-state index contributed by atoms with van der Waals surface area (Å²) in [6.07, 6.45) is 3.76. The number of aldehydes is 1. The fourth-order valence-electron chi connectivity index (χ4n) is 1.68. The van der Waals surface area contributed by atoms with E-state index in [2.05, 4.69) is 15.9 Å². The molecule has 0 amide bonds. The SMILES string of the molecule is O=CC1CCCC(c2sccc2Br)O1. The van der Waals surface area contributed by atoms with Crippen LogP contribution >= 0.6 is 27.3 Å². The fourth-order valence-corrected chi connectivity index (χ4v) is 3.38. The number of halogens is 1. The first-order chi connectivity index (χ1) is 6.81. The Bertz CT molecular complexity index is 324. The van der Waals surface area contributed by atoms with Crippen molar-refractivity contribution in [3.05, 3.63) is 20.8 Å². The predicted octanol–water partition coefficient (Wildman–Crippen LogP) is 3.32. The molecule has 2 atom stereocenters. The maximum Gasteiger partial charge on any atom is 0.148 e. The van der Waals surface area contributed by atoms with Gasteiger partial charge in [-0.2, -0.15) is 0 Å². The zero-order chi connectivity index (χ0) is 9.97. The number of carbonyl (C=O) groups excluding carboxylic acids is 1. The molecule has 0 aromatic carbocycles. The molecular weight excluding hydrogens is 264 g/mol. The summed E-state index contributed by atoms with van der Waals surface area (Å²) in [6, 6.07) is 2.02. The van der Waals surface area contributed by atoms with Crippen LogP contribution in [0, 0.1) is 0 Å². The van der Waals surface area contributed by atoms with Gasteiger partial charge in [0.15, 0.2) is 0 Å². The molecular formula is C10H11BrO2S. The van der Waals surface area contributed by atoms with Crippen LogP contribution in [0.1, 0.15) is 30.2 Å². The van der Waals surface area contributed by atoms with Crippen LogP contribution in [-0.4, -0.2) is 12.4 Å². The Balaban J connectivity index is 2.11. The first-order valence-electron chi connectivity index (χ1n) is 4.65. The Labute approximate surface area is 95.4 Å². The molecule has 1 fully saturated rings. The van der Waals surface area contributed by atoms with Gasteiger partial charge in [-0.3, -0.25) is 0 Å². The van der Waals surface area contributed by atoms with Gasteiger partial charge in [0.25, 0.3) is 0 Å². The highest BCUT2D eigenvalue weighted by atomic mass is 79.9. The smallest absolute Gasteiger partial charge is 0.148 e. The van der Waals surface area contributed by atoms with Crippen molar-refractivity contribution in [1.29, 1.82) is 0 Å². The van der Waals surface area contributed by atoms with Gasteiger partial charge in [0, 0.05) is 9.35 Å². The van der Waals surface area contributed by atoms with Crippen molar-refractivity contribution in [2.45, 2.75) is 31.5 Å². The summed E-state index contributed by atoms with van der Waals surface area (Å²) in [5.41, 5.74) is 0. The molecule has 1 aliphatic rings. The Morgan fingerprint density at radius 2 is 2.43 bits per heavy atom. The van der Waals surface area contributed by atoms with Gasteiger partial charge in [0.2, 0.25) is 0 Å². The van der Waals surface area contributed by atoms with Crippen molar-refractivity contribution in [3.8, 4) is 0 Å². The minimum absolute atomic E-state index is 0.105. The van der Waals surface area contributed by atoms with E-state index in [1.165, 1.54) is 4.88 Å². The number of carbonyl (C=O) groups is 1. The third-order valence-electron chi connectivity index (χ3n) is 2.38. The van der Waals surface area contributed by atoms with Crippen LogP contribution < -0.4 is 0 Å². The second-order valence-electron chi connectivity index (χ2n) is 3.36. The zero-order valence-electron chi connectivity index (χ0n) is 7.61. The molecule has 1 aromatic rings. The van der Waals surface area contributed by atoms with E-state index in [4.69, 9.17) is 4.74 Å². The van der Waals surface area contributed by atoms with E-state index >= 15 is 0 Å². The molecule has 1 aliphatic heterocycles. The van der Waals surface area contributed by atoms with Gasteiger partial charge in [0.1, 0.15) is 12.4 Å². The van der Waals surface area contributed by atoms with E-state index in [-0.39, 0.29) is 12.2 Å². The third kappa shape index (κ3) is 2.07. The zero-order valence-corrected chi connectivity index (χ0v) is 10.0. The van der Waals surface area contributed by atoms with Crippen molar-refractivity contribution in [3.63, 3.8) is 0 Å². The van der Waals surface area contributed by atoms with Gasteiger partial charge in [-0.25, -0.2) is 0 Å². The molecule has 14 heavy (non-hydrogen) atoms. The van der Waals surface area contributed by atoms with Crippen LogP contribution in [-0.2, 0) is 9.53 Å². The molecule has 0 aliphatic carbocycles. The summed E-state index contributed by atoms with van der Waals surface area (Å²) in [6.45, 7) is 0. The molecule has 76 valence electrons. The van der Waals surface area contributed by atoms with Crippen LogP contribution in [0.25, 0.3) is 0 Å². The Hall–Kier alpha value is -0.190. The molecule has 0 N–H and O–H groups in total. The molecule has 0 spiro atoms. The maximum absolute atomic E-state index is 10.6. The van der Waals surface area contributed by atoms with E-state index < -0.39 is 0 Å². The quantitative estimate of drug-likeness (QED) is 0.774. The van der Waals surface area contributed by atoms with Crippen molar-refractivity contribution in [1.82, 2.24) is 0 Å². The van der Waals surface area contributed by atoms with Crippen LogP contribution in [0.4, 0.5) is 0 Å². The highest BCUT2D eigenvalue weighted by molar-refractivity contribution is 9.10. The summed E-state index contributed by atoms with van der Waals surface area (Å²) < 4.78 is 6.77. The van der Waals surface area contributed by atoms with E-state index in [1.54, 1.807) is 11.3 Å². The second-order valence-corrected chi connectivity index (χ2v) is 5.16. The van der Waals surface area contributed by atoms with Crippen LogP contribution in [0.5, 0.6) is 0 Å². The predicted molar refractivity (Wildman–Crippen MR) is 59.5 cm³/mol. The van der Waals surface area contributed by atoms with Gasteiger partial charge < -0.3 is 9.53 Å². The van der Waals surface area contributed by atoms with Crippen molar-refractivity contribution < 1.29 is 9.53 Å². The van der Waals surface area contributed by atoms with E-state index in [9.17, 15) is 4.79 Å². The standard InChI is InChI=1S/C10H11BrO2S/c11-8-4-5-14-10(8)9-3-1-2-7(6-12)13-9/h4-7,9H,1-3H2. The van der Waals surface area contributed by atoms with Gasteiger partial charge in [-0.05, 0) is 46.6 Å². The lowest BCUT2D eigenvalue weighted by molar-refractivity contribution is -0.126. The van der Waals surface area contributed by atoms with E-state index in [0.717, 1.165) is 30.0 Å². The summed E-state index contributed by atoms with van der Waals surface area (Å²) >= 11 is 5.17. The molecule has 4 heteroatoms. The molecule has 1 saturated heterocycles. The largest absolute Gasteiger partial charge is 0.362 e. The number of ether oxygens (including phenoxy) is 1. The topological polar surface area (TPSA) is 26.3 Å². The molecule has 2 nitrogen and oxygen atoms in total. The fraction of sp³-hybridized carbons (Fsp3) is 0.500. The lowest BCUT2D eigenvalue weighted by Crippen LogP contribution is -2.23. The van der Waals surface area contributed by atoms with Crippen LogP contribution in [0.2, 0.25) is 0 Å². The van der Waals surface area contributed by atoms with Gasteiger partial charge in [-0.15, -0.1) is 11.3 Å². The van der Waals surface area contributed by atoms with Crippen LogP contribution in [0.15, 0.2) is 15.9 Å². The highest BCUT2D eigenvalue weighted by Crippen LogP contribution is 2.37. The Kier molecular flexibility index (Phi) is 3.36. The number of hydrogen-bond acceptors (Lipinski definition) is 3. The molecule has 1 aromatic heterocycles. The molecule has 2 heterocycles. The van der Waals surface area contributed by atoms with Gasteiger partial charge >= 0.3 is 0 Å².